The lowest BCUT2D eigenvalue weighted by Crippen LogP contribution is -2.26. The third kappa shape index (κ3) is 4.88. The molecule has 0 aliphatic heterocycles. The van der Waals surface area contributed by atoms with Crippen LogP contribution in [0.4, 0.5) is 0 Å². The second-order valence-corrected chi connectivity index (χ2v) is 3.78. The molecule has 0 saturated heterocycles. The maximum atomic E-state index is 9.37. The Hall–Kier alpha value is -0.200. The zero-order valence-corrected chi connectivity index (χ0v) is 8.47. The van der Waals surface area contributed by atoms with Gasteiger partial charge in [-0.15, -0.1) is 0 Å². The predicted octanol–water partition coefficient (Wildman–Crippen LogP) is 0.304. The molecule has 0 aromatic heterocycles. The average molecular weight is 204 g/mol. The quantitative estimate of drug-likeness (QED) is 0.392. The molecule has 0 atom stereocenters. The molecule has 0 unspecified atom stereocenters. The van der Waals surface area contributed by atoms with Crippen molar-refractivity contribution in [3.8, 4) is 0 Å². The second kappa shape index (κ2) is 6.31. The van der Waals surface area contributed by atoms with E-state index in [9.17, 15) is 5.21 Å². The van der Waals surface area contributed by atoms with Crippen molar-refractivity contribution in [2.45, 2.75) is 31.7 Å². The Kier molecular flexibility index (Phi) is 5.36. The monoisotopic (exact) mass is 204 g/mol. The summed E-state index contributed by atoms with van der Waals surface area (Å²) in [4.78, 5) is 0. The molecule has 0 aromatic carbocycles. The van der Waals surface area contributed by atoms with E-state index >= 15 is 0 Å². The molecule has 1 aliphatic rings. The van der Waals surface area contributed by atoms with Crippen LogP contribution in [0.25, 0.3) is 0 Å². The van der Waals surface area contributed by atoms with E-state index in [1.807, 2.05) is 0 Å². The van der Waals surface area contributed by atoms with E-state index in [0.717, 1.165) is 30.7 Å². The van der Waals surface area contributed by atoms with E-state index < -0.39 is 0 Å². The van der Waals surface area contributed by atoms with Gasteiger partial charge in [-0.2, -0.15) is 10.1 Å². The van der Waals surface area contributed by atoms with Gasteiger partial charge in [0.25, 0.3) is 0 Å². The number of aliphatic hydroxyl groups is 1. The molecule has 0 amide bonds. The lowest BCUT2D eigenvalue weighted by atomic mass is 10.3. The highest BCUT2D eigenvalue weighted by molar-refractivity contribution is 4.79. The van der Waals surface area contributed by atoms with E-state index in [0.29, 0.717) is 25.7 Å². The van der Waals surface area contributed by atoms with Crippen molar-refractivity contribution in [1.29, 1.82) is 0 Å². The molecule has 0 bridgehead atoms. The first-order valence-electron chi connectivity index (χ1n) is 5.24. The van der Waals surface area contributed by atoms with Gasteiger partial charge < -0.3 is 15.5 Å². The summed E-state index contributed by atoms with van der Waals surface area (Å²) in [6, 6.07) is 0.387. The number of hydroxylamine groups is 4. The Bertz CT molecular complexity index is 153. The van der Waals surface area contributed by atoms with Crippen molar-refractivity contribution in [3.05, 3.63) is 0 Å². The zero-order valence-electron chi connectivity index (χ0n) is 8.47. The Labute approximate surface area is 84.5 Å². The van der Waals surface area contributed by atoms with Crippen molar-refractivity contribution in [2.24, 2.45) is 0 Å². The predicted molar refractivity (Wildman–Crippen MR) is 51.2 cm³/mol. The fraction of sp³-hybridized carbons (Fsp3) is 1.00. The normalized spacial score (nSPS) is 16.9. The van der Waals surface area contributed by atoms with Crippen molar-refractivity contribution >= 4 is 0 Å². The number of hydrogen-bond acceptors (Lipinski definition) is 5. The Morgan fingerprint density at radius 3 is 2.21 bits per heavy atom. The molecule has 1 aliphatic carbocycles. The summed E-state index contributed by atoms with van der Waals surface area (Å²) in [5.41, 5.74) is 0. The molecule has 0 radical (unpaired) electrons. The highest BCUT2D eigenvalue weighted by Gasteiger charge is 2.27. The van der Waals surface area contributed by atoms with Crippen LogP contribution in [0.3, 0.4) is 0 Å². The lowest BCUT2D eigenvalue weighted by molar-refractivity contribution is -0.111. The van der Waals surface area contributed by atoms with Crippen LogP contribution in [-0.2, 0) is 0 Å². The van der Waals surface area contributed by atoms with E-state index in [1.54, 1.807) is 0 Å². The molecule has 5 heteroatoms. The minimum absolute atomic E-state index is 0.0231. The van der Waals surface area contributed by atoms with E-state index in [-0.39, 0.29) is 6.61 Å². The largest absolute Gasteiger partial charge is 0.395 e. The van der Waals surface area contributed by atoms with Gasteiger partial charge in [-0.05, 0) is 25.7 Å². The molecule has 0 aromatic rings. The van der Waals surface area contributed by atoms with Gasteiger partial charge in [-0.3, -0.25) is 0 Å². The van der Waals surface area contributed by atoms with Gasteiger partial charge in [0.1, 0.15) is 0 Å². The van der Waals surface area contributed by atoms with Gasteiger partial charge in [0.05, 0.1) is 6.61 Å². The summed E-state index contributed by atoms with van der Waals surface area (Å²) in [5, 5.41) is 29.5. The SMILES string of the molecule is OCCN(O)CCCCN(O)C1CC1. The average Bonchev–Trinajstić information content (AvgIpc) is 2.95. The van der Waals surface area contributed by atoms with E-state index in [2.05, 4.69) is 0 Å². The maximum Gasteiger partial charge on any atom is 0.0581 e. The van der Waals surface area contributed by atoms with Gasteiger partial charge in [0.15, 0.2) is 0 Å². The molecule has 1 saturated carbocycles. The second-order valence-electron chi connectivity index (χ2n) is 3.78. The van der Waals surface area contributed by atoms with Gasteiger partial charge in [0.2, 0.25) is 0 Å². The van der Waals surface area contributed by atoms with Gasteiger partial charge in [-0.25, -0.2) is 0 Å². The number of hydrogen-bond donors (Lipinski definition) is 3. The summed E-state index contributed by atoms with van der Waals surface area (Å²) in [6.07, 6.45) is 3.91. The molecule has 1 rings (SSSR count). The molecule has 0 heterocycles. The minimum atomic E-state index is -0.0231. The third-order valence-corrected chi connectivity index (χ3v) is 2.38. The van der Waals surface area contributed by atoms with Crippen molar-refractivity contribution < 1.29 is 15.5 Å². The van der Waals surface area contributed by atoms with Crippen LogP contribution in [0.5, 0.6) is 0 Å². The lowest BCUT2D eigenvalue weighted by Gasteiger charge is -2.15. The Morgan fingerprint density at radius 2 is 1.64 bits per heavy atom. The number of rotatable bonds is 8. The number of aliphatic hydroxyl groups excluding tert-OH is 1. The van der Waals surface area contributed by atoms with Crippen LogP contribution < -0.4 is 0 Å². The van der Waals surface area contributed by atoms with Crippen LogP contribution >= 0.6 is 0 Å². The number of nitrogens with zero attached hydrogens (tertiary/aromatic N) is 2. The Balaban J connectivity index is 1.87. The molecule has 5 nitrogen and oxygen atoms in total. The highest BCUT2D eigenvalue weighted by atomic mass is 16.5. The fourth-order valence-electron chi connectivity index (χ4n) is 1.35. The van der Waals surface area contributed by atoms with Crippen molar-refractivity contribution in [1.82, 2.24) is 10.1 Å². The Morgan fingerprint density at radius 1 is 1.00 bits per heavy atom. The summed E-state index contributed by atoms with van der Waals surface area (Å²) >= 11 is 0. The number of unbranched alkanes of at least 4 members (excludes halogenated alkanes) is 1. The molecule has 14 heavy (non-hydrogen) atoms. The maximum absolute atomic E-state index is 9.37. The zero-order chi connectivity index (χ0) is 10.4. The van der Waals surface area contributed by atoms with E-state index in [1.165, 1.54) is 5.06 Å². The minimum Gasteiger partial charge on any atom is -0.395 e. The van der Waals surface area contributed by atoms with Gasteiger partial charge in [0, 0.05) is 25.7 Å². The van der Waals surface area contributed by atoms with E-state index in [4.69, 9.17) is 10.3 Å². The van der Waals surface area contributed by atoms with Crippen LogP contribution in [0.15, 0.2) is 0 Å². The molecule has 3 N–H and O–H groups in total. The topological polar surface area (TPSA) is 67.2 Å². The van der Waals surface area contributed by atoms with Gasteiger partial charge in [-0.1, -0.05) is 0 Å². The van der Waals surface area contributed by atoms with Crippen LogP contribution in [0.1, 0.15) is 25.7 Å². The smallest absolute Gasteiger partial charge is 0.0581 e. The van der Waals surface area contributed by atoms with Crippen molar-refractivity contribution in [3.63, 3.8) is 0 Å². The summed E-state index contributed by atoms with van der Waals surface area (Å²) in [6.45, 7) is 1.51. The van der Waals surface area contributed by atoms with Crippen LogP contribution in [0.2, 0.25) is 0 Å². The molecule has 0 spiro atoms. The van der Waals surface area contributed by atoms with Gasteiger partial charge >= 0.3 is 0 Å². The first kappa shape index (κ1) is 11.9. The van der Waals surface area contributed by atoms with Crippen LogP contribution in [-0.4, -0.2) is 57.9 Å². The molecule has 1 fully saturated rings. The molecular formula is C9H20N2O3. The first-order valence-corrected chi connectivity index (χ1v) is 5.24. The molecular weight excluding hydrogens is 184 g/mol. The highest BCUT2D eigenvalue weighted by Crippen LogP contribution is 2.25. The fourth-order valence-corrected chi connectivity index (χ4v) is 1.35. The third-order valence-electron chi connectivity index (χ3n) is 2.38. The van der Waals surface area contributed by atoms with Crippen LogP contribution in [0, 0.1) is 0 Å². The summed E-state index contributed by atoms with van der Waals surface area (Å²) in [5.74, 6) is 0. The summed E-state index contributed by atoms with van der Waals surface area (Å²) < 4.78 is 0. The first-order chi connectivity index (χ1) is 6.74. The standard InChI is InChI=1S/C9H20N2O3/c12-8-7-10(13)5-1-2-6-11(14)9-3-4-9/h9,12-14H,1-8H2. The van der Waals surface area contributed by atoms with Crippen molar-refractivity contribution in [2.75, 3.05) is 26.2 Å². The summed E-state index contributed by atoms with van der Waals surface area (Å²) in [7, 11) is 0. The molecule has 84 valence electrons.